The molecule has 2 N–H and O–H groups in total. The Balaban J connectivity index is 1.91. The highest BCUT2D eigenvalue weighted by Gasteiger charge is 2.15. The summed E-state index contributed by atoms with van der Waals surface area (Å²) in [6.07, 6.45) is 4.39. The average molecular weight is 567 g/mol. The van der Waals surface area contributed by atoms with E-state index in [1.807, 2.05) is 0 Å². The zero-order chi connectivity index (χ0) is 21.0. The number of hydrogen-bond donors (Lipinski definition) is 2. The minimum atomic E-state index is -1.21. The van der Waals surface area contributed by atoms with Crippen molar-refractivity contribution >= 4 is 63.0 Å². The normalized spacial score (nSPS) is 11.1. The first-order valence-electron chi connectivity index (χ1n) is 7.97. The molecule has 0 aliphatic rings. The SMILES string of the molecule is N=C(c1cnc(F)c(F)c1)c1cc(OCc2c(Cl)cncc2Cl)ccc1NPI. The average Bonchev–Trinajstić information content (AvgIpc) is 2.70. The second-order valence-corrected chi connectivity index (χ2v) is 8.54. The standard InChI is InChI=1S/C18H12Cl2F2IN4OP/c19-13-6-25-7-14(20)12(13)8-28-10-1-2-16(27-29-23)11(4-10)17(24)9-3-15(21)18(22)26-5-9/h1-7,24,27,29H,8H2. The molecular formula is C18H12Cl2F2IN4OP. The van der Waals surface area contributed by atoms with Gasteiger partial charge in [-0.1, -0.05) is 23.2 Å². The molecule has 11 heteroatoms. The van der Waals surface area contributed by atoms with Gasteiger partial charge in [0.05, 0.1) is 15.8 Å². The maximum Gasteiger partial charge on any atom is 0.248 e. The van der Waals surface area contributed by atoms with Gasteiger partial charge < -0.3 is 9.82 Å². The molecule has 0 fully saturated rings. The van der Waals surface area contributed by atoms with E-state index in [9.17, 15) is 8.78 Å². The molecule has 3 aromatic rings. The Bertz CT molecular complexity index is 1050. The molecule has 3 rings (SSSR count). The maximum absolute atomic E-state index is 13.6. The highest BCUT2D eigenvalue weighted by atomic mass is 127. The lowest BCUT2D eigenvalue weighted by atomic mass is 10.0. The van der Waals surface area contributed by atoms with Gasteiger partial charge in [0, 0.05) is 47.3 Å². The summed E-state index contributed by atoms with van der Waals surface area (Å²) in [5.74, 6) is -1.88. The van der Waals surface area contributed by atoms with Crippen molar-refractivity contribution in [2.24, 2.45) is 0 Å². The summed E-state index contributed by atoms with van der Waals surface area (Å²) in [5, 5.41) is 12.4. The monoisotopic (exact) mass is 566 g/mol. The number of aromatic nitrogens is 2. The third-order valence-electron chi connectivity index (χ3n) is 3.86. The van der Waals surface area contributed by atoms with Crippen LogP contribution in [0.1, 0.15) is 16.7 Å². The van der Waals surface area contributed by atoms with Gasteiger partial charge >= 0.3 is 0 Å². The van der Waals surface area contributed by atoms with Crippen LogP contribution in [0.4, 0.5) is 14.5 Å². The van der Waals surface area contributed by atoms with Gasteiger partial charge in [0.2, 0.25) is 5.95 Å². The van der Waals surface area contributed by atoms with Crippen LogP contribution in [0, 0.1) is 17.2 Å². The van der Waals surface area contributed by atoms with Gasteiger partial charge in [-0.25, -0.2) is 9.37 Å². The molecule has 0 saturated carbocycles. The van der Waals surface area contributed by atoms with E-state index in [0.717, 1.165) is 12.3 Å². The lowest BCUT2D eigenvalue weighted by molar-refractivity contribution is 0.306. The highest BCUT2D eigenvalue weighted by Crippen LogP contribution is 2.32. The number of nitrogens with one attached hydrogen (secondary N) is 2. The summed E-state index contributed by atoms with van der Waals surface area (Å²) in [6.45, 7) is 0.0977. The van der Waals surface area contributed by atoms with Crippen molar-refractivity contribution in [1.29, 1.82) is 5.41 Å². The molecule has 2 aromatic heterocycles. The Morgan fingerprint density at radius 2 is 1.90 bits per heavy atom. The number of anilines is 1. The molecule has 0 saturated heterocycles. The summed E-state index contributed by atoms with van der Waals surface area (Å²) in [5.41, 5.74) is 1.80. The van der Waals surface area contributed by atoms with Gasteiger partial charge in [-0.3, -0.25) is 10.4 Å². The van der Waals surface area contributed by atoms with Crippen LogP contribution in [0.3, 0.4) is 0 Å². The molecule has 0 aliphatic heterocycles. The van der Waals surface area contributed by atoms with E-state index >= 15 is 0 Å². The minimum absolute atomic E-state index is 0.0287. The highest BCUT2D eigenvalue weighted by molar-refractivity contribution is 14.2. The smallest absolute Gasteiger partial charge is 0.248 e. The van der Waals surface area contributed by atoms with Crippen molar-refractivity contribution < 1.29 is 13.5 Å². The number of hydrogen-bond acceptors (Lipinski definition) is 5. The fourth-order valence-electron chi connectivity index (χ4n) is 2.42. The lowest BCUT2D eigenvalue weighted by Gasteiger charge is -2.15. The number of rotatable bonds is 7. The van der Waals surface area contributed by atoms with Crippen molar-refractivity contribution in [3.63, 3.8) is 0 Å². The summed E-state index contributed by atoms with van der Waals surface area (Å²) in [6, 6.07) is 6.03. The molecule has 0 amide bonds. The Morgan fingerprint density at radius 3 is 2.55 bits per heavy atom. The van der Waals surface area contributed by atoms with Crippen molar-refractivity contribution in [3.8, 4) is 5.75 Å². The van der Waals surface area contributed by atoms with Gasteiger partial charge in [-0.05, 0) is 46.3 Å². The molecule has 0 bridgehead atoms. The second kappa shape index (κ2) is 9.93. The summed E-state index contributed by atoms with van der Waals surface area (Å²) in [7, 11) is 0. The first-order valence-corrected chi connectivity index (χ1v) is 12.8. The van der Waals surface area contributed by atoms with E-state index in [4.69, 9.17) is 33.3 Å². The van der Waals surface area contributed by atoms with Gasteiger partial charge in [0.25, 0.3) is 0 Å². The van der Waals surface area contributed by atoms with E-state index < -0.39 is 11.8 Å². The molecule has 5 nitrogen and oxygen atoms in total. The van der Waals surface area contributed by atoms with E-state index in [0.29, 0.717) is 39.0 Å². The van der Waals surface area contributed by atoms with Crippen LogP contribution in [0.15, 0.2) is 42.9 Å². The molecule has 0 radical (unpaired) electrons. The van der Waals surface area contributed by atoms with Gasteiger partial charge in [0.1, 0.15) is 12.4 Å². The quantitative estimate of drug-likeness (QED) is 0.150. The summed E-state index contributed by atoms with van der Waals surface area (Å²) in [4.78, 5) is 7.25. The number of nitrogens with zero attached hydrogens (tertiary/aromatic N) is 2. The molecule has 29 heavy (non-hydrogen) atoms. The zero-order valence-electron chi connectivity index (χ0n) is 14.4. The van der Waals surface area contributed by atoms with Crippen LogP contribution >= 0.6 is 51.6 Å². The van der Waals surface area contributed by atoms with Crippen molar-refractivity contribution in [2.75, 3.05) is 5.09 Å². The lowest BCUT2D eigenvalue weighted by Crippen LogP contribution is -2.07. The van der Waals surface area contributed by atoms with Crippen LogP contribution in [-0.2, 0) is 6.61 Å². The molecule has 0 aliphatic carbocycles. The molecule has 150 valence electrons. The largest absolute Gasteiger partial charge is 0.489 e. The molecule has 0 spiro atoms. The number of pyridine rings is 2. The predicted molar refractivity (Wildman–Crippen MR) is 121 cm³/mol. The second-order valence-electron chi connectivity index (χ2n) is 5.67. The van der Waals surface area contributed by atoms with Crippen LogP contribution in [-0.4, -0.2) is 15.7 Å². The first-order chi connectivity index (χ1) is 13.9. The molecule has 1 atom stereocenters. The van der Waals surface area contributed by atoms with Crippen molar-refractivity contribution in [3.05, 3.63) is 81.4 Å². The van der Waals surface area contributed by atoms with Crippen LogP contribution in [0.2, 0.25) is 10.0 Å². The van der Waals surface area contributed by atoms with Crippen molar-refractivity contribution in [1.82, 2.24) is 9.97 Å². The first kappa shape index (κ1) is 22.1. The van der Waals surface area contributed by atoms with E-state index in [1.165, 1.54) is 12.4 Å². The molecule has 1 unspecified atom stereocenters. The number of benzene rings is 1. The fourth-order valence-corrected chi connectivity index (χ4v) is 4.09. The van der Waals surface area contributed by atoms with Gasteiger partial charge in [0.15, 0.2) is 5.82 Å². The number of halogens is 5. The van der Waals surface area contributed by atoms with Crippen LogP contribution in [0.25, 0.3) is 0 Å². The topological polar surface area (TPSA) is 70.9 Å². The minimum Gasteiger partial charge on any atom is -0.489 e. The predicted octanol–water partition coefficient (Wildman–Crippen LogP) is 6.41. The fraction of sp³-hybridized carbons (Fsp3) is 0.0556. The molecule has 1 aromatic carbocycles. The Kier molecular flexibility index (Phi) is 7.56. The van der Waals surface area contributed by atoms with Crippen LogP contribution < -0.4 is 9.82 Å². The van der Waals surface area contributed by atoms with Crippen LogP contribution in [0.5, 0.6) is 5.75 Å². The Morgan fingerprint density at radius 1 is 1.17 bits per heavy atom. The summed E-state index contributed by atoms with van der Waals surface area (Å²) < 4.78 is 32.5. The summed E-state index contributed by atoms with van der Waals surface area (Å²) >= 11 is 14.4. The van der Waals surface area contributed by atoms with Crippen molar-refractivity contribution in [2.45, 2.75) is 6.61 Å². The molecular weight excluding hydrogens is 555 g/mol. The van der Waals surface area contributed by atoms with E-state index in [-0.39, 0.29) is 17.9 Å². The van der Waals surface area contributed by atoms with Gasteiger partial charge in [-0.15, -0.1) is 0 Å². The number of ether oxygens (including phenoxy) is 1. The third kappa shape index (κ3) is 5.31. The van der Waals surface area contributed by atoms with Gasteiger partial charge in [-0.2, -0.15) is 4.39 Å². The third-order valence-corrected chi connectivity index (χ3v) is 5.69. The molecule has 2 heterocycles. The van der Waals surface area contributed by atoms with E-state index in [1.54, 1.807) is 18.2 Å². The maximum atomic E-state index is 13.6. The Labute approximate surface area is 190 Å². The van der Waals surface area contributed by atoms with E-state index in [2.05, 4.69) is 37.1 Å². The zero-order valence-corrected chi connectivity index (χ0v) is 19.1. The Hall–Kier alpha value is -1.61.